The minimum Gasteiger partial charge on any atom is -0.383 e. The lowest BCUT2D eigenvalue weighted by Crippen LogP contribution is -2.44. The van der Waals surface area contributed by atoms with Crippen LogP contribution >= 0.6 is 12.4 Å². The van der Waals surface area contributed by atoms with Gasteiger partial charge in [0.15, 0.2) is 0 Å². The first kappa shape index (κ1) is 17.2. The largest absolute Gasteiger partial charge is 0.383 e. The van der Waals surface area contributed by atoms with Crippen molar-refractivity contribution in [1.82, 2.24) is 15.1 Å². The molecule has 0 radical (unpaired) electrons. The van der Waals surface area contributed by atoms with Gasteiger partial charge >= 0.3 is 0 Å². The highest BCUT2D eigenvalue weighted by Crippen LogP contribution is 2.44. The summed E-state index contributed by atoms with van der Waals surface area (Å²) in [5.41, 5.74) is 0.564. The molecule has 2 aliphatic rings. The Hall–Kier alpha value is -1.11. The molecule has 0 aromatic carbocycles. The molecule has 1 saturated carbocycles. The van der Waals surface area contributed by atoms with E-state index in [1.165, 1.54) is 6.42 Å². The fraction of sp³-hybridized carbons (Fsp3) is 0.733. The number of aromatic nitrogens is 2. The van der Waals surface area contributed by atoms with Gasteiger partial charge in [0, 0.05) is 19.9 Å². The van der Waals surface area contributed by atoms with Crippen LogP contribution < -0.4 is 10.6 Å². The van der Waals surface area contributed by atoms with Gasteiger partial charge < -0.3 is 15.4 Å². The lowest BCUT2D eigenvalue weighted by molar-refractivity contribution is -0.128. The summed E-state index contributed by atoms with van der Waals surface area (Å²) in [6.07, 6.45) is 8.13. The van der Waals surface area contributed by atoms with E-state index >= 15 is 0 Å². The zero-order valence-electron chi connectivity index (χ0n) is 13.0. The number of carbonyl (C=O) groups excluding carboxylic acids is 1. The summed E-state index contributed by atoms with van der Waals surface area (Å²) in [4.78, 5) is 12.8. The number of hydrogen-bond acceptors (Lipinski definition) is 4. The first-order valence-electron chi connectivity index (χ1n) is 7.78. The maximum absolute atomic E-state index is 12.8. The maximum Gasteiger partial charge on any atom is 0.232 e. The molecule has 1 aromatic heterocycles. The van der Waals surface area contributed by atoms with Crippen molar-refractivity contribution >= 4 is 24.0 Å². The maximum atomic E-state index is 12.8. The first-order valence-corrected chi connectivity index (χ1v) is 7.78. The molecular weight excluding hydrogens is 304 g/mol. The lowest BCUT2D eigenvalue weighted by atomic mass is 9.67. The molecule has 1 saturated heterocycles. The number of ether oxygens (including phenoxy) is 1. The summed E-state index contributed by atoms with van der Waals surface area (Å²) >= 11 is 0. The van der Waals surface area contributed by atoms with Gasteiger partial charge in [0.05, 0.1) is 30.5 Å². The smallest absolute Gasteiger partial charge is 0.232 e. The van der Waals surface area contributed by atoms with Crippen LogP contribution in [0.2, 0.25) is 0 Å². The van der Waals surface area contributed by atoms with Gasteiger partial charge in [-0.3, -0.25) is 9.48 Å². The molecule has 0 spiro atoms. The third-order valence-electron chi connectivity index (χ3n) is 4.91. The van der Waals surface area contributed by atoms with Crippen molar-refractivity contribution in [3.63, 3.8) is 0 Å². The van der Waals surface area contributed by atoms with Gasteiger partial charge in [0.2, 0.25) is 5.91 Å². The predicted molar refractivity (Wildman–Crippen MR) is 87.2 cm³/mol. The van der Waals surface area contributed by atoms with E-state index in [0.29, 0.717) is 19.1 Å². The Labute approximate surface area is 137 Å². The highest BCUT2D eigenvalue weighted by Gasteiger charge is 2.49. The summed E-state index contributed by atoms with van der Waals surface area (Å²) in [7, 11) is 1.67. The van der Waals surface area contributed by atoms with Gasteiger partial charge in [-0.05, 0) is 25.3 Å². The van der Waals surface area contributed by atoms with Crippen LogP contribution in [0.1, 0.15) is 25.7 Å². The van der Waals surface area contributed by atoms with Crippen molar-refractivity contribution in [2.24, 2.45) is 11.3 Å². The van der Waals surface area contributed by atoms with Crippen LogP contribution in [-0.2, 0) is 16.1 Å². The molecule has 0 bridgehead atoms. The zero-order valence-corrected chi connectivity index (χ0v) is 13.8. The SMILES string of the molecule is COCCn1cc(NC(=O)[C@@]23CCCC[C@H]2CNC3)cn1.Cl. The van der Waals surface area contributed by atoms with E-state index in [1.807, 2.05) is 6.20 Å². The average molecular weight is 329 g/mol. The fourth-order valence-corrected chi connectivity index (χ4v) is 3.68. The monoisotopic (exact) mass is 328 g/mol. The minimum atomic E-state index is -0.215. The topological polar surface area (TPSA) is 68.2 Å². The standard InChI is InChI=1S/C15H24N4O2.ClH/c1-21-7-6-19-10-13(9-17-19)18-14(20)15-5-3-2-4-12(15)8-16-11-15;/h9-10,12,16H,2-8,11H2,1H3,(H,18,20);1H/t12-,15+;/m0./s1. The van der Waals surface area contributed by atoms with E-state index in [9.17, 15) is 4.79 Å². The molecule has 1 amide bonds. The Balaban J connectivity index is 0.00000176. The van der Waals surface area contributed by atoms with Crippen LogP contribution in [0.3, 0.4) is 0 Å². The van der Waals surface area contributed by atoms with Crippen molar-refractivity contribution in [3.8, 4) is 0 Å². The Bertz CT molecular complexity index is 507. The number of halogens is 1. The van der Waals surface area contributed by atoms with E-state index in [1.54, 1.807) is 18.0 Å². The summed E-state index contributed by atoms with van der Waals surface area (Å²) in [6, 6.07) is 0. The van der Waals surface area contributed by atoms with E-state index in [-0.39, 0.29) is 23.7 Å². The van der Waals surface area contributed by atoms with Gasteiger partial charge in [-0.2, -0.15) is 5.10 Å². The van der Waals surface area contributed by atoms with Gasteiger partial charge in [-0.15, -0.1) is 12.4 Å². The number of hydrogen-bond donors (Lipinski definition) is 2. The molecular formula is C15H25ClN4O2. The highest BCUT2D eigenvalue weighted by atomic mass is 35.5. The van der Waals surface area contributed by atoms with Gasteiger partial charge in [0.1, 0.15) is 0 Å². The molecule has 0 unspecified atom stereocenters. The third kappa shape index (κ3) is 3.29. The second-order valence-electron chi connectivity index (χ2n) is 6.17. The first-order chi connectivity index (χ1) is 10.2. The van der Waals surface area contributed by atoms with Crippen LogP contribution in [0.15, 0.2) is 12.4 Å². The van der Waals surface area contributed by atoms with E-state index in [4.69, 9.17) is 4.74 Å². The van der Waals surface area contributed by atoms with Crippen LogP contribution in [0.25, 0.3) is 0 Å². The van der Waals surface area contributed by atoms with Crippen molar-refractivity contribution in [2.45, 2.75) is 32.2 Å². The van der Waals surface area contributed by atoms with Crippen molar-refractivity contribution in [3.05, 3.63) is 12.4 Å². The number of rotatable bonds is 5. The molecule has 2 atom stereocenters. The number of anilines is 1. The molecule has 1 aromatic rings. The van der Waals surface area contributed by atoms with Crippen molar-refractivity contribution in [1.29, 1.82) is 0 Å². The number of nitrogens with zero attached hydrogens (tertiary/aromatic N) is 2. The Morgan fingerprint density at radius 1 is 1.59 bits per heavy atom. The molecule has 1 aliphatic heterocycles. The third-order valence-corrected chi connectivity index (χ3v) is 4.91. The van der Waals surface area contributed by atoms with Crippen LogP contribution in [0.4, 0.5) is 5.69 Å². The second-order valence-corrected chi connectivity index (χ2v) is 6.17. The molecule has 2 heterocycles. The molecule has 124 valence electrons. The summed E-state index contributed by atoms with van der Waals surface area (Å²) in [5.74, 6) is 0.637. The van der Waals surface area contributed by atoms with Crippen LogP contribution in [-0.4, -0.2) is 42.5 Å². The quantitative estimate of drug-likeness (QED) is 0.862. The zero-order chi connectivity index (χ0) is 14.7. The van der Waals surface area contributed by atoms with Crippen LogP contribution in [0.5, 0.6) is 0 Å². The number of amides is 1. The number of nitrogens with one attached hydrogen (secondary N) is 2. The Morgan fingerprint density at radius 3 is 3.27 bits per heavy atom. The summed E-state index contributed by atoms with van der Waals surface area (Å²) in [6.45, 7) is 3.09. The number of carbonyl (C=O) groups is 1. The Kier molecular flexibility index (Phi) is 5.83. The minimum absolute atomic E-state index is 0. The molecule has 2 N–H and O–H groups in total. The average Bonchev–Trinajstić information content (AvgIpc) is 3.12. The molecule has 7 heteroatoms. The number of methoxy groups -OCH3 is 1. The molecule has 3 rings (SSSR count). The second kappa shape index (κ2) is 7.44. The van der Waals surface area contributed by atoms with E-state index < -0.39 is 0 Å². The highest BCUT2D eigenvalue weighted by molar-refractivity contribution is 5.96. The van der Waals surface area contributed by atoms with E-state index in [2.05, 4.69) is 15.7 Å². The summed E-state index contributed by atoms with van der Waals surface area (Å²) in [5, 5.41) is 10.7. The lowest BCUT2D eigenvalue weighted by Gasteiger charge is -2.36. The van der Waals surface area contributed by atoms with Crippen molar-refractivity contribution in [2.75, 3.05) is 32.1 Å². The molecule has 1 aliphatic carbocycles. The van der Waals surface area contributed by atoms with E-state index in [0.717, 1.165) is 38.0 Å². The number of fused-ring (bicyclic) bond motifs is 1. The molecule has 6 nitrogen and oxygen atoms in total. The van der Waals surface area contributed by atoms with Crippen LogP contribution in [0, 0.1) is 11.3 Å². The predicted octanol–water partition coefficient (Wildman–Crippen LogP) is 1.67. The van der Waals surface area contributed by atoms with Gasteiger partial charge in [-0.25, -0.2) is 0 Å². The van der Waals surface area contributed by atoms with Gasteiger partial charge in [0.25, 0.3) is 0 Å². The fourth-order valence-electron chi connectivity index (χ4n) is 3.68. The normalized spacial score (nSPS) is 27.0. The Morgan fingerprint density at radius 2 is 2.45 bits per heavy atom. The van der Waals surface area contributed by atoms with Crippen molar-refractivity contribution < 1.29 is 9.53 Å². The summed E-state index contributed by atoms with van der Waals surface area (Å²) < 4.78 is 6.82. The molecule has 2 fully saturated rings. The van der Waals surface area contributed by atoms with Gasteiger partial charge in [-0.1, -0.05) is 12.8 Å². The molecule has 22 heavy (non-hydrogen) atoms.